The molecule has 1 aromatic heterocycles. The van der Waals surface area contributed by atoms with Gasteiger partial charge in [0.25, 0.3) is 0 Å². The lowest BCUT2D eigenvalue weighted by Crippen LogP contribution is -2.01. The Morgan fingerprint density at radius 1 is 1.11 bits per heavy atom. The van der Waals surface area contributed by atoms with Crippen LogP contribution in [0, 0.1) is 6.92 Å². The van der Waals surface area contributed by atoms with Crippen molar-refractivity contribution in [1.82, 2.24) is 4.98 Å². The van der Waals surface area contributed by atoms with Crippen molar-refractivity contribution in [1.29, 1.82) is 0 Å². The first-order valence-electron chi connectivity index (χ1n) is 6.59. The minimum atomic E-state index is -0.636. The van der Waals surface area contributed by atoms with Crippen LogP contribution in [0.1, 0.15) is 35.8 Å². The highest BCUT2D eigenvalue weighted by Crippen LogP contribution is 2.28. The van der Waals surface area contributed by atoms with Gasteiger partial charge in [0.05, 0.1) is 6.10 Å². The van der Waals surface area contributed by atoms with Gasteiger partial charge in [-0.3, -0.25) is 4.98 Å². The lowest BCUT2D eigenvalue weighted by molar-refractivity contribution is 0.219. The molecule has 1 saturated carbocycles. The fourth-order valence-corrected chi connectivity index (χ4v) is 1.94. The Balaban J connectivity index is 1.75. The number of nitrogens with zero attached hydrogens (tertiary/aromatic N) is 1. The lowest BCUT2D eigenvalue weighted by atomic mass is 10.0. The van der Waals surface area contributed by atoms with Crippen molar-refractivity contribution in [3.8, 4) is 5.75 Å². The van der Waals surface area contributed by atoms with Crippen LogP contribution in [-0.2, 0) is 0 Å². The van der Waals surface area contributed by atoms with Crippen molar-refractivity contribution in [2.75, 3.05) is 0 Å². The number of aryl methyl sites for hydroxylation is 1. The smallest absolute Gasteiger partial charge is 0.119 e. The highest BCUT2D eigenvalue weighted by atomic mass is 16.5. The van der Waals surface area contributed by atoms with E-state index in [4.69, 9.17) is 4.74 Å². The Morgan fingerprint density at radius 3 is 2.37 bits per heavy atom. The summed E-state index contributed by atoms with van der Waals surface area (Å²) in [6, 6.07) is 11.5. The van der Waals surface area contributed by atoms with Crippen molar-refractivity contribution in [2.24, 2.45) is 0 Å². The van der Waals surface area contributed by atoms with Crippen LogP contribution in [0.3, 0.4) is 0 Å². The summed E-state index contributed by atoms with van der Waals surface area (Å²) in [5, 5.41) is 10.3. The third-order valence-corrected chi connectivity index (χ3v) is 3.27. The van der Waals surface area contributed by atoms with Crippen LogP contribution in [0.25, 0.3) is 0 Å². The Morgan fingerprint density at radius 2 is 1.79 bits per heavy atom. The minimum absolute atomic E-state index is 0.400. The van der Waals surface area contributed by atoms with E-state index < -0.39 is 6.10 Å². The third-order valence-electron chi connectivity index (χ3n) is 3.27. The second-order valence-electron chi connectivity index (χ2n) is 5.02. The second-order valence-corrected chi connectivity index (χ2v) is 5.02. The molecule has 1 aliphatic carbocycles. The molecule has 1 aliphatic rings. The molecule has 0 aliphatic heterocycles. The van der Waals surface area contributed by atoms with Crippen molar-refractivity contribution >= 4 is 0 Å². The van der Waals surface area contributed by atoms with E-state index in [2.05, 4.69) is 4.98 Å². The molecule has 1 fully saturated rings. The van der Waals surface area contributed by atoms with Gasteiger partial charge in [-0.15, -0.1) is 0 Å². The van der Waals surface area contributed by atoms with E-state index in [0.29, 0.717) is 6.10 Å². The van der Waals surface area contributed by atoms with Gasteiger partial charge in [0.2, 0.25) is 0 Å². The zero-order chi connectivity index (χ0) is 13.2. The highest BCUT2D eigenvalue weighted by molar-refractivity contribution is 5.33. The van der Waals surface area contributed by atoms with Crippen LogP contribution in [0.4, 0.5) is 0 Å². The van der Waals surface area contributed by atoms with Gasteiger partial charge in [0.15, 0.2) is 0 Å². The van der Waals surface area contributed by atoms with Crippen molar-refractivity contribution in [2.45, 2.75) is 32.0 Å². The number of benzene rings is 1. The topological polar surface area (TPSA) is 42.4 Å². The number of hydrogen-bond donors (Lipinski definition) is 1. The van der Waals surface area contributed by atoms with Crippen LogP contribution >= 0.6 is 0 Å². The molecule has 1 N–H and O–H groups in total. The monoisotopic (exact) mass is 255 g/mol. The Hall–Kier alpha value is -1.87. The fraction of sp³-hybridized carbons (Fsp3) is 0.312. The second kappa shape index (κ2) is 5.02. The lowest BCUT2D eigenvalue weighted by Gasteiger charge is -2.12. The Kier molecular flexibility index (Phi) is 3.22. The van der Waals surface area contributed by atoms with E-state index in [1.54, 1.807) is 6.20 Å². The molecule has 0 saturated heterocycles. The summed E-state index contributed by atoms with van der Waals surface area (Å²) in [5.41, 5.74) is 2.61. The molecule has 0 amide bonds. The van der Waals surface area contributed by atoms with E-state index in [1.807, 2.05) is 43.3 Å². The number of hydrogen-bond acceptors (Lipinski definition) is 3. The number of aromatic nitrogens is 1. The first-order valence-corrected chi connectivity index (χ1v) is 6.59. The van der Waals surface area contributed by atoms with Crippen molar-refractivity contribution < 1.29 is 9.84 Å². The first-order chi connectivity index (χ1) is 9.22. The summed E-state index contributed by atoms with van der Waals surface area (Å²) in [7, 11) is 0. The molecule has 3 heteroatoms. The van der Waals surface area contributed by atoms with E-state index in [1.165, 1.54) is 0 Å². The van der Waals surface area contributed by atoms with E-state index in [-0.39, 0.29) is 0 Å². The largest absolute Gasteiger partial charge is 0.490 e. The summed E-state index contributed by atoms with van der Waals surface area (Å²) in [6.07, 6.45) is 3.79. The molecule has 1 heterocycles. The molecule has 3 rings (SSSR count). The van der Waals surface area contributed by atoms with E-state index in [9.17, 15) is 5.11 Å². The molecule has 1 aromatic carbocycles. The van der Waals surface area contributed by atoms with Crippen LogP contribution in [-0.4, -0.2) is 16.2 Å². The SMILES string of the molecule is Cc1ccc(C(O)c2ccc(OC3CC3)cc2)cn1. The number of rotatable bonds is 4. The molecule has 0 spiro atoms. The number of ether oxygens (including phenoxy) is 1. The Labute approximate surface area is 112 Å². The molecular weight excluding hydrogens is 238 g/mol. The summed E-state index contributed by atoms with van der Waals surface area (Å²) < 4.78 is 5.69. The molecule has 98 valence electrons. The quantitative estimate of drug-likeness (QED) is 0.913. The fourth-order valence-electron chi connectivity index (χ4n) is 1.94. The van der Waals surface area contributed by atoms with Crippen molar-refractivity contribution in [3.05, 3.63) is 59.4 Å². The average Bonchev–Trinajstić information content (AvgIpc) is 3.24. The van der Waals surface area contributed by atoms with Gasteiger partial charge in [-0.2, -0.15) is 0 Å². The predicted molar refractivity (Wildman–Crippen MR) is 73.1 cm³/mol. The summed E-state index contributed by atoms with van der Waals surface area (Å²) in [4.78, 5) is 4.21. The third kappa shape index (κ3) is 2.93. The maximum absolute atomic E-state index is 10.3. The maximum Gasteiger partial charge on any atom is 0.119 e. The highest BCUT2D eigenvalue weighted by Gasteiger charge is 2.23. The van der Waals surface area contributed by atoms with Gasteiger partial charge in [0.1, 0.15) is 11.9 Å². The van der Waals surface area contributed by atoms with Gasteiger partial charge >= 0.3 is 0 Å². The first kappa shape index (κ1) is 12.2. The summed E-state index contributed by atoms with van der Waals surface area (Å²) in [5.74, 6) is 0.875. The van der Waals surface area contributed by atoms with Crippen LogP contribution in [0.2, 0.25) is 0 Å². The zero-order valence-corrected chi connectivity index (χ0v) is 10.9. The number of pyridine rings is 1. The minimum Gasteiger partial charge on any atom is -0.490 e. The van der Waals surface area contributed by atoms with Gasteiger partial charge in [-0.05, 0) is 43.5 Å². The summed E-state index contributed by atoms with van der Waals surface area (Å²) in [6.45, 7) is 1.93. The maximum atomic E-state index is 10.3. The van der Waals surface area contributed by atoms with Gasteiger partial charge in [-0.1, -0.05) is 18.2 Å². The van der Waals surface area contributed by atoms with Gasteiger partial charge < -0.3 is 9.84 Å². The normalized spacial score (nSPS) is 16.1. The molecule has 19 heavy (non-hydrogen) atoms. The predicted octanol–water partition coefficient (Wildman–Crippen LogP) is 3.01. The van der Waals surface area contributed by atoms with Crippen LogP contribution in [0.15, 0.2) is 42.6 Å². The van der Waals surface area contributed by atoms with Crippen molar-refractivity contribution in [3.63, 3.8) is 0 Å². The molecular formula is C16H17NO2. The molecule has 2 aromatic rings. The van der Waals surface area contributed by atoms with Gasteiger partial charge in [-0.25, -0.2) is 0 Å². The van der Waals surface area contributed by atoms with E-state index >= 15 is 0 Å². The molecule has 0 radical (unpaired) electrons. The zero-order valence-electron chi connectivity index (χ0n) is 10.9. The molecule has 0 bridgehead atoms. The Bertz CT molecular complexity index is 544. The standard InChI is InChI=1S/C16H17NO2/c1-11-2-3-13(10-17-11)16(18)12-4-6-14(7-5-12)19-15-8-9-15/h2-7,10,15-16,18H,8-9H2,1H3. The number of aliphatic hydroxyl groups excluding tert-OH is 1. The average molecular weight is 255 g/mol. The molecule has 3 nitrogen and oxygen atoms in total. The van der Waals surface area contributed by atoms with E-state index in [0.717, 1.165) is 35.4 Å². The molecule has 1 unspecified atom stereocenters. The van der Waals surface area contributed by atoms with Gasteiger partial charge in [0, 0.05) is 17.5 Å². The van der Waals surface area contributed by atoms with Crippen LogP contribution < -0.4 is 4.74 Å². The summed E-state index contributed by atoms with van der Waals surface area (Å²) >= 11 is 0. The molecule has 1 atom stereocenters. The number of aliphatic hydroxyl groups is 1. The van der Waals surface area contributed by atoms with Crippen LogP contribution in [0.5, 0.6) is 5.75 Å².